The molecule has 1 aliphatic rings. The summed E-state index contributed by atoms with van der Waals surface area (Å²) in [6.07, 6.45) is 4.36. The van der Waals surface area contributed by atoms with Gasteiger partial charge in [-0.25, -0.2) is 18.5 Å². The molecule has 2 rings (SSSR count). The minimum atomic E-state index is -3.97. The van der Waals surface area contributed by atoms with Crippen molar-refractivity contribution in [2.45, 2.75) is 50.2 Å². The third kappa shape index (κ3) is 5.55. The van der Waals surface area contributed by atoms with E-state index >= 15 is 0 Å². The van der Waals surface area contributed by atoms with Crippen LogP contribution in [0.1, 0.15) is 45.1 Å². The highest BCUT2D eigenvalue weighted by Crippen LogP contribution is 2.39. The number of halogens is 2. The molecular formula is C18H29Cl2N3O3S2. The van der Waals surface area contributed by atoms with Crippen molar-refractivity contribution in [3.63, 3.8) is 0 Å². The van der Waals surface area contributed by atoms with Gasteiger partial charge >= 0.3 is 5.17 Å². The summed E-state index contributed by atoms with van der Waals surface area (Å²) in [6.45, 7) is 6.19. The van der Waals surface area contributed by atoms with Crippen molar-refractivity contribution in [3.05, 3.63) is 28.8 Å². The predicted octanol–water partition coefficient (Wildman–Crippen LogP) is -0.216. The van der Waals surface area contributed by atoms with E-state index in [0.717, 1.165) is 43.9 Å². The molecule has 1 aliphatic heterocycles. The average molecular weight is 470 g/mol. The zero-order valence-electron chi connectivity index (χ0n) is 16.5. The van der Waals surface area contributed by atoms with Crippen LogP contribution in [0.4, 0.5) is 0 Å². The number of unbranched alkanes of at least 4 members (excludes halogenated alkanes) is 2. The van der Waals surface area contributed by atoms with Crippen molar-refractivity contribution >= 4 is 38.6 Å². The van der Waals surface area contributed by atoms with E-state index in [2.05, 4.69) is 18.4 Å². The van der Waals surface area contributed by atoms with E-state index < -0.39 is 15.7 Å². The molecule has 1 unspecified atom stereocenters. The van der Waals surface area contributed by atoms with Gasteiger partial charge in [-0.2, -0.15) is 0 Å². The number of thioether (sulfide) groups is 1. The van der Waals surface area contributed by atoms with E-state index in [1.807, 2.05) is 11.9 Å². The molecule has 0 aliphatic carbocycles. The smallest absolute Gasteiger partial charge is 0.311 e. The minimum absolute atomic E-state index is 0. The summed E-state index contributed by atoms with van der Waals surface area (Å²) in [6, 6.07) is 4.50. The molecule has 0 bridgehead atoms. The number of nitrogens with zero attached hydrogens (tertiary/aromatic N) is 2. The molecule has 1 aromatic carbocycles. The van der Waals surface area contributed by atoms with Gasteiger partial charge in [-0.15, -0.1) is 0 Å². The summed E-state index contributed by atoms with van der Waals surface area (Å²) in [5, 5.41) is 17.7. The lowest BCUT2D eigenvalue weighted by atomic mass is 10.0. The van der Waals surface area contributed by atoms with Crippen LogP contribution in [-0.4, -0.2) is 54.1 Å². The van der Waals surface area contributed by atoms with Crippen molar-refractivity contribution in [2.24, 2.45) is 5.14 Å². The molecule has 1 atom stereocenters. The van der Waals surface area contributed by atoms with Crippen molar-refractivity contribution in [3.8, 4) is 0 Å². The summed E-state index contributed by atoms with van der Waals surface area (Å²) < 4.78 is 25.9. The molecule has 1 saturated heterocycles. The van der Waals surface area contributed by atoms with Crippen molar-refractivity contribution in [1.29, 1.82) is 0 Å². The molecule has 0 radical (unpaired) electrons. The lowest BCUT2D eigenvalue weighted by molar-refractivity contribution is -0.531. The first kappa shape index (κ1) is 25.5. The normalized spacial score (nSPS) is 19.6. The monoisotopic (exact) mass is 469 g/mol. The van der Waals surface area contributed by atoms with E-state index in [0.29, 0.717) is 11.3 Å². The predicted molar refractivity (Wildman–Crippen MR) is 112 cm³/mol. The summed E-state index contributed by atoms with van der Waals surface area (Å²) >= 11 is 7.57. The number of aliphatic hydroxyl groups is 1. The van der Waals surface area contributed by atoms with Crippen LogP contribution in [0.3, 0.4) is 0 Å². The highest BCUT2D eigenvalue weighted by atomic mass is 35.5. The van der Waals surface area contributed by atoms with Gasteiger partial charge in [0, 0.05) is 5.56 Å². The number of benzene rings is 1. The highest BCUT2D eigenvalue weighted by molar-refractivity contribution is 8.13. The number of hydrogen-bond donors (Lipinski definition) is 2. The molecule has 1 aromatic rings. The van der Waals surface area contributed by atoms with Crippen molar-refractivity contribution < 1.29 is 30.5 Å². The summed E-state index contributed by atoms with van der Waals surface area (Å²) in [4.78, 5) is 1.66. The first-order valence-corrected chi connectivity index (χ1v) is 12.1. The number of hydrogen-bond acceptors (Lipinski definition) is 4. The van der Waals surface area contributed by atoms with Gasteiger partial charge in [-0.05, 0) is 36.7 Å². The maximum absolute atomic E-state index is 11.8. The quantitative estimate of drug-likeness (QED) is 0.514. The molecule has 0 saturated carbocycles. The molecule has 28 heavy (non-hydrogen) atoms. The molecule has 1 heterocycles. The number of rotatable bonds is 8. The topological polar surface area (TPSA) is 86.6 Å². The van der Waals surface area contributed by atoms with Gasteiger partial charge in [-0.1, -0.05) is 44.4 Å². The summed E-state index contributed by atoms with van der Waals surface area (Å²) in [5.41, 5.74) is -0.854. The molecule has 1 fully saturated rings. The van der Waals surface area contributed by atoms with E-state index in [-0.39, 0.29) is 22.3 Å². The third-order valence-electron chi connectivity index (χ3n) is 4.78. The lowest BCUT2D eigenvalue weighted by Crippen LogP contribution is -3.00. The Morgan fingerprint density at radius 1 is 1.29 bits per heavy atom. The molecule has 3 N–H and O–H groups in total. The maximum Gasteiger partial charge on any atom is 0.311 e. The van der Waals surface area contributed by atoms with E-state index in [1.54, 1.807) is 17.8 Å². The van der Waals surface area contributed by atoms with E-state index in [9.17, 15) is 13.5 Å². The van der Waals surface area contributed by atoms with Crippen LogP contribution in [-0.2, 0) is 15.7 Å². The number of sulfonamides is 1. The number of amidine groups is 1. The molecule has 6 nitrogen and oxygen atoms in total. The van der Waals surface area contributed by atoms with Crippen LogP contribution in [0.25, 0.3) is 0 Å². The van der Waals surface area contributed by atoms with Crippen LogP contribution in [0.5, 0.6) is 0 Å². The lowest BCUT2D eigenvalue weighted by Gasteiger charge is -2.27. The summed E-state index contributed by atoms with van der Waals surface area (Å²) in [7, 11) is -2.13. The zero-order valence-corrected chi connectivity index (χ0v) is 19.6. The summed E-state index contributed by atoms with van der Waals surface area (Å²) in [5.74, 6) is 0.402. The van der Waals surface area contributed by atoms with Crippen LogP contribution < -0.4 is 17.5 Å². The van der Waals surface area contributed by atoms with Gasteiger partial charge in [-0.3, -0.25) is 4.58 Å². The highest BCUT2D eigenvalue weighted by Gasteiger charge is 2.50. The van der Waals surface area contributed by atoms with Crippen LogP contribution in [0.15, 0.2) is 23.1 Å². The molecule has 0 aromatic heterocycles. The number of nitrogens with two attached hydrogens (primary N) is 1. The minimum Gasteiger partial charge on any atom is -1.00 e. The Kier molecular flexibility index (Phi) is 9.57. The van der Waals surface area contributed by atoms with Crippen LogP contribution in [0, 0.1) is 0 Å². The van der Waals surface area contributed by atoms with Crippen molar-refractivity contribution in [2.75, 3.05) is 25.9 Å². The Hall–Kier alpha value is -0.510. The SMILES string of the molecule is CCCC[N+](CCCC)=C1SCC(O)(c2ccc(Cl)c(S(N)(=O)=O)c2)N1C.[Cl-]. The average Bonchev–Trinajstić information content (AvgIpc) is 2.91. The zero-order chi connectivity index (χ0) is 20.2. The van der Waals surface area contributed by atoms with E-state index in [4.69, 9.17) is 16.7 Å². The second kappa shape index (κ2) is 10.5. The second-order valence-electron chi connectivity index (χ2n) is 6.83. The molecule has 10 heteroatoms. The fourth-order valence-corrected chi connectivity index (χ4v) is 5.54. The Labute approximate surface area is 183 Å². The fraction of sp³-hybridized carbons (Fsp3) is 0.611. The van der Waals surface area contributed by atoms with Crippen LogP contribution in [0.2, 0.25) is 5.02 Å². The Balaban J connectivity index is 0.00000392. The second-order valence-corrected chi connectivity index (χ2v) is 9.71. The fourth-order valence-electron chi connectivity index (χ4n) is 3.07. The molecule has 160 valence electrons. The maximum atomic E-state index is 11.8. The first-order chi connectivity index (χ1) is 12.6. The van der Waals surface area contributed by atoms with E-state index in [1.165, 1.54) is 12.1 Å². The van der Waals surface area contributed by atoms with Gasteiger partial charge in [0.25, 0.3) is 0 Å². The molecule has 0 amide bonds. The molecular weight excluding hydrogens is 441 g/mol. The Bertz CT molecular complexity index is 808. The first-order valence-electron chi connectivity index (χ1n) is 9.18. The third-order valence-corrected chi connectivity index (χ3v) is 7.51. The largest absolute Gasteiger partial charge is 1.00 e. The Morgan fingerprint density at radius 3 is 2.36 bits per heavy atom. The van der Waals surface area contributed by atoms with Gasteiger partial charge in [0.1, 0.15) is 4.90 Å². The molecule has 0 spiro atoms. The van der Waals surface area contributed by atoms with Crippen LogP contribution >= 0.6 is 23.4 Å². The van der Waals surface area contributed by atoms with Gasteiger partial charge in [0.15, 0.2) is 0 Å². The Morgan fingerprint density at radius 2 is 1.86 bits per heavy atom. The number of primary sulfonamides is 1. The van der Waals surface area contributed by atoms with Gasteiger partial charge < -0.3 is 17.5 Å². The van der Waals surface area contributed by atoms with Gasteiger partial charge in [0.05, 0.1) is 30.9 Å². The standard InChI is InChI=1S/C18H29ClN3O3S2.ClH/c1-4-6-10-22(11-7-5-2)17-21(3)18(23,13-26-17)14-8-9-15(19)16(12-14)27(20,24)25;/h8-9,12,23H,4-7,10-11,13H2,1-3H3,(H2,20,24,25);1H/q+1;/p-1. The van der Waals surface area contributed by atoms with Gasteiger partial charge in [0.2, 0.25) is 15.7 Å². The van der Waals surface area contributed by atoms with Crippen molar-refractivity contribution in [1.82, 2.24) is 4.90 Å².